The molecule has 0 atom stereocenters. The standard InChI is InChI=1S/C17H13NO3S2/c19-15(20)8-9-18-16(21)14(23-17(18)22)10-12-6-3-5-11-4-1-2-7-13(11)12/h1-7,10H,8-9H2,(H,19,20)/p-1. The average molecular weight is 342 g/mol. The van der Waals surface area contributed by atoms with Crippen molar-refractivity contribution in [2.45, 2.75) is 6.42 Å². The Balaban J connectivity index is 1.92. The first kappa shape index (κ1) is 15.7. The second kappa shape index (κ2) is 6.52. The Morgan fingerprint density at radius 1 is 1.22 bits per heavy atom. The molecule has 6 heteroatoms. The van der Waals surface area contributed by atoms with Crippen LogP contribution in [0, 0.1) is 0 Å². The van der Waals surface area contributed by atoms with E-state index in [1.807, 2.05) is 42.5 Å². The van der Waals surface area contributed by atoms with Gasteiger partial charge in [-0.2, -0.15) is 0 Å². The molecule has 116 valence electrons. The number of hydrogen-bond acceptors (Lipinski definition) is 5. The summed E-state index contributed by atoms with van der Waals surface area (Å²) >= 11 is 6.37. The lowest BCUT2D eigenvalue weighted by Gasteiger charge is -2.14. The van der Waals surface area contributed by atoms with Crippen molar-refractivity contribution in [1.29, 1.82) is 0 Å². The van der Waals surface area contributed by atoms with E-state index in [0.717, 1.165) is 16.3 Å². The number of rotatable bonds is 4. The Morgan fingerprint density at radius 3 is 2.74 bits per heavy atom. The minimum absolute atomic E-state index is 0.0415. The van der Waals surface area contributed by atoms with Crippen molar-refractivity contribution in [1.82, 2.24) is 4.90 Å². The number of nitrogens with zero attached hydrogens (tertiary/aromatic N) is 1. The number of aliphatic carboxylic acids is 1. The number of benzene rings is 2. The fraction of sp³-hybridized carbons (Fsp3) is 0.118. The Labute approximate surface area is 142 Å². The molecule has 0 unspecified atom stereocenters. The average Bonchev–Trinajstić information content (AvgIpc) is 2.79. The highest BCUT2D eigenvalue weighted by molar-refractivity contribution is 8.26. The molecule has 0 bridgehead atoms. The van der Waals surface area contributed by atoms with Gasteiger partial charge in [0.25, 0.3) is 5.91 Å². The maximum atomic E-state index is 12.4. The van der Waals surface area contributed by atoms with E-state index in [-0.39, 0.29) is 18.9 Å². The molecule has 1 heterocycles. The predicted molar refractivity (Wildman–Crippen MR) is 93.5 cm³/mol. The summed E-state index contributed by atoms with van der Waals surface area (Å²) in [5, 5.41) is 12.7. The molecule has 1 aliphatic rings. The molecule has 1 aliphatic heterocycles. The quantitative estimate of drug-likeness (QED) is 0.630. The summed E-state index contributed by atoms with van der Waals surface area (Å²) in [7, 11) is 0. The van der Waals surface area contributed by atoms with Crippen LogP contribution in [0.1, 0.15) is 12.0 Å². The minimum atomic E-state index is -1.20. The number of carboxylic acid groups (broad SMARTS) is 1. The second-order valence-corrected chi connectivity index (χ2v) is 6.70. The summed E-state index contributed by atoms with van der Waals surface area (Å²) in [6, 6.07) is 13.8. The third kappa shape index (κ3) is 3.28. The fourth-order valence-electron chi connectivity index (χ4n) is 2.41. The van der Waals surface area contributed by atoms with Crippen LogP contribution in [-0.2, 0) is 9.59 Å². The van der Waals surface area contributed by atoms with Gasteiger partial charge in [0.15, 0.2) is 0 Å². The molecule has 0 spiro atoms. The number of carbonyl (C=O) groups excluding carboxylic acids is 2. The van der Waals surface area contributed by atoms with Crippen LogP contribution >= 0.6 is 24.0 Å². The summed E-state index contributed by atoms with van der Waals surface area (Å²) < 4.78 is 0.378. The number of amides is 1. The van der Waals surface area contributed by atoms with Crippen LogP contribution in [0.2, 0.25) is 0 Å². The lowest BCUT2D eigenvalue weighted by Crippen LogP contribution is -2.33. The van der Waals surface area contributed by atoms with Gasteiger partial charge >= 0.3 is 0 Å². The van der Waals surface area contributed by atoms with Gasteiger partial charge in [0, 0.05) is 18.9 Å². The van der Waals surface area contributed by atoms with E-state index in [4.69, 9.17) is 12.2 Å². The van der Waals surface area contributed by atoms with Crippen LogP contribution in [0.15, 0.2) is 47.4 Å². The molecule has 1 fully saturated rings. The number of fused-ring (bicyclic) bond motifs is 1. The Hall–Kier alpha value is -2.18. The van der Waals surface area contributed by atoms with E-state index >= 15 is 0 Å². The molecule has 2 aromatic rings. The second-order valence-electron chi connectivity index (χ2n) is 5.02. The topological polar surface area (TPSA) is 60.4 Å². The van der Waals surface area contributed by atoms with E-state index < -0.39 is 5.97 Å². The molecule has 23 heavy (non-hydrogen) atoms. The largest absolute Gasteiger partial charge is 0.550 e. The van der Waals surface area contributed by atoms with Gasteiger partial charge in [-0.1, -0.05) is 66.4 Å². The Morgan fingerprint density at radius 2 is 1.96 bits per heavy atom. The molecule has 2 aromatic carbocycles. The molecule has 1 saturated heterocycles. The summed E-state index contributed by atoms with van der Waals surface area (Å²) in [5.74, 6) is -1.45. The normalized spacial score (nSPS) is 16.5. The molecular weight excluding hydrogens is 330 g/mol. The molecular formula is C17H12NO3S2-. The van der Waals surface area contributed by atoms with Crippen molar-refractivity contribution in [3.8, 4) is 0 Å². The first-order chi connectivity index (χ1) is 11.1. The highest BCUT2D eigenvalue weighted by atomic mass is 32.2. The van der Waals surface area contributed by atoms with Crippen molar-refractivity contribution in [2.75, 3.05) is 6.54 Å². The summed E-state index contributed by atoms with van der Waals surface area (Å²) in [6.07, 6.45) is 1.58. The van der Waals surface area contributed by atoms with Crippen LogP contribution in [0.5, 0.6) is 0 Å². The highest BCUT2D eigenvalue weighted by Gasteiger charge is 2.31. The molecule has 0 N–H and O–H groups in total. The number of thioether (sulfide) groups is 1. The van der Waals surface area contributed by atoms with Gasteiger partial charge in [0.2, 0.25) is 0 Å². The minimum Gasteiger partial charge on any atom is -0.550 e. The van der Waals surface area contributed by atoms with E-state index in [0.29, 0.717) is 9.23 Å². The number of carbonyl (C=O) groups is 2. The Bertz CT molecular complexity index is 839. The van der Waals surface area contributed by atoms with Crippen molar-refractivity contribution in [2.24, 2.45) is 0 Å². The molecule has 1 amide bonds. The van der Waals surface area contributed by atoms with Gasteiger partial charge in [-0.25, -0.2) is 0 Å². The van der Waals surface area contributed by atoms with Gasteiger partial charge in [0.1, 0.15) is 4.32 Å². The highest BCUT2D eigenvalue weighted by Crippen LogP contribution is 2.33. The zero-order valence-corrected chi connectivity index (χ0v) is 13.7. The predicted octanol–water partition coefficient (Wildman–Crippen LogP) is 2.18. The van der Waals surface area contributed by atoms with Gasteiger partial charge < -0.3 is 9.90 Å². The monoisotopic (exact) mass is 342 g/mol. The van der Waals surface area contributed by atoms with Crippen LogP contribution < -0.4 is 5.11 Å². The van der Waals surface area contributed by atoms with Crippen LogP contribution in [0.4, 0.5) is 0 Å². The van der Waals surface area contributed by atoms with Crippen molar-refractivity contribution in [3.63, 3.8) is 0 Å². The molecule has 4 nitrogen and oxygen atoms in total. The lowest BCUT2D eigenvalue weighted by atomic mass is 10.0. The van der Waals surface area contributed by atoms with Crippen LogP contribution in [0.3, 0.4) is 0 Å². The maximum Gasteiger partial charge on any atom is 0.266 e. The summed E-state index contributed by atoms with van der Waals surface area (Å²) in [6.45, 7) is 0.0415. The zero-order valence-electron chi connectivity index (χ0n) is 12.0. The lowest BCUT2D eigenvalue weighted by molar-refractivity contribution is -0.305. The zero-order chi connectivity index (χ0) is 16.4. The molecule has 3 rings (SSSR count). The molecule has 0 aliphatic carbocycles. The van der Waals surface area contributed by atoms with E-state index in [1.54, 1.807) is 6.08 Å². The smallest absolute Gasteiger partial charge is 0.266 e. The molecule has 0 radical (unpaired) electrons. The summed E-state index contributed by atoms with van der Waals surface area (Å²) in [5.41, 5.74) is 0.934. The summed E-state index contributed by atoms with van der Waals surface area (Å²) in [4.78, 5) is 24.8. The molecule has 0 saturated carbocycles. The molecule has 0 aromatic heterocycles. The Kier molecular flexibility index (Phi) is 4.45. The van der Waals surface area contributed by atoms with Crippen LogP contribution in [0.25, 0.3) is 16.8 Å². The van der Waals surface area contributed by atoms with Crippen molar-refractivity contribution >= 4 is 57.0 Å². The van der Waals surface area contributed by atoms with E-state index in [1.165, 1.54) is 16.7 Å². The first-order valence-electron chi connectivity index (χ1n) is 6.99. The van der Waals surface area contributed by atoms with Crippen LogP contribution in [-0.4, -0.2) is 27.6 Å². The number of thiocarbonyl (C=S) groups is 1. The first-order valence-corrected chi connectivity index (χ1v) is 8.22. The van der Waals surface area contributed by atoms with Gasteiger partial charge in [-0.15, -0.1) is 0 Å². The van der Waals surface area contributed by atoms with E-state index in [2.05, 4.69) is 0 Å². The maximum absolute atomic E-state index is 12.4. The SMILES string of the molecule is O=C([O-])CCN1C(=O)C(=Cc2cccc3ccccc23)SC1=S. The van der Waals surface area contributed by atoms with Gasteiger partial charge in [-0.05, 0) is 22.4 Å². The van der Waals surface area contributed by atoms with Crippen molar-refractivity contribution in [3.05, 3.63) is 52.9 Å². The van der Waals surface area contributed by atoms with Crippen molar-refractivity contribution < 1.29 is 14.7 Å². The fourth-order valence-corrected chi connectivity index (χ4v) is 3.71. The number of hydrogen-bond donors (Lipinski definition) is 0. The third-order valence-electron chi connectivity index (χ3n) is 3.52. The van der Waals surface area contributed by atoms with Gasteiger partial charge in [0.05, 0.1) is 4.91 Å². The number of carboxylic acids is 1. The van der Waals surface area contributed by atoms with Gasteiger partial charge in [-0.3, -0.25) is 9.69 Å². The van der Waals surface area contributed by atoms with E-state index in [9.17, 15) is 14.7 Å². The third-order valence-corrected chi connectivity index (χ3v) is 4.90.